The van der Waals surface area contributed by atoms with Crippen molar-refractivity contribution in [3.63, 3.8) is 0 Å². The first kappa shape index (κ1) is 13.1. The zero-order chi connectivity index (χ0) is 13.2. The molecular weight excluding hydrogens is 228 g/mol. The Morgan fingerprint density at radius 1 is 1.33 bits per heavy atom. The smallest absolute Gasteiger partial charge is 0.138 e. The number of Topliss-reactive ketones (excluding diaryl/α,β-unsaturated/α-hetero) is 1. The molecule has 0 aliphatic carbocycles. The van der Waals surface area contributed by atoms with Gasteiger partial charge in [-0.3, -0.25) is 4.79 Å². The second-order valence-electron chi connectivity index (χ2n) is 5.47. The van der Waals surface area contributed by atoms with Gasteiger partial charge in [0, 0.05) is 12.8 Å². The molecule has 1 aliphatic rings. The molecule has 1 fully saturated rings. The standard InChI is InChI=1S/C15H20O3/c1-15(2)10-12(16)9-14(18-15)8-11-4-6-13(17-3)7-5-11/h4-7,14H,8-10H2,1-3H3/t14-/m1/s1. The van der Waals surface area contributed by atoms with Gasteiger partial charge in [0.1, 0.15) is 11.5 Å². The summed E-state index contributed by atoms with van der Waals surface area (Å²) in [5.74, 6) is 1.14. The lowest BCUT2D eigenvalue weighted by Crippen LogP contribution is -2.40. The quantitative estimate of drug-likeness (QED) is 0.825. The maximum Gasteiger partial charge on any atom is 0.138 e. The van der Waals surface area contributed by atoms with Gasteiger partial charge < -0.3 is 9.47 Å². The molecule has 2 rings (SSSR count). The lowest BCUT2D eigenvalue weighted by molar-refractivity contribution is -0.147. The van der Waals surface area contributed by atoms with E-state index in [1.165, 1.54) is 5.56 Å². The van der Waals surface area contributed by atoms with Crippen molar-refractivity contribution in [3.8, 4) is 5.75 Å². The molecule has 18 heavy (non-hydrogen) atoms. The minimum Gasteiger partial charge on any atom is -0.497 e. The predicted molar refractivity (Wildman–Crippen MR) is 69.9 cm³/mol. The summed E-state index contributed by atoms with van der Waals surface area (Å²) < 4.78 is 11.1. The Labute approximate surface area is 108 Å². The average molecular weight is 248 g/mol. The molecule has 1 atom stereocenters. The number of ketones is 1. The summed E-state index contributed by atoms with van der Waals surface area (Å²) in [6.07, 6.45) is 1.82. The molecule has 3 nitrogen and oxygen atoms in total. The second-order valence-corrected chi connectivity index (χ2v) is 5.47. The zero-order valence-electron chi connectivity index (χ0n) is 11.2. The van der Waals surface area contributed by atoms with Crippen LogP contribution in [-0.2, 0) is 16.0 Å². The van der Waals surface area contributed by atoms with Crippen LogP contribution in [-0.4, -0.2) is 24.6 Å². The fourth-order valence-electron chi connectivity index (χ4n) is 2.47. The minimum atomic E-state index is -0.327. The van der Waals surface area contributed by atoms with Gasteiger partial charge in [0.15, 0.2) is 0 Å². The van der Waals surface area contributed by atoms with Crippen molar-refractivity contribution in [1.29, 1.82) is 0 Å². The minimum absolute atomic E-state index is 0.00496. The molecule has 0 aromatic heterocycles. The molecule has 98 valence electrons. The number of methoxy groups -OCH3 is 1. The van der Waals surface area contributed by atoms with Crippen LogP contribution in [0.2, 0.25) is 0 Å². The van der Waals surface area contributed by atoms with Crippen LogP contribution in [0, 0.1) is 0 Å². The Kier molecular flexibility index (Phi) is 3.71. The van der Waals surface area contributed by atoms with Gasteiger partial charge in [-0.2, -0.15) is 0 Å². The highest BCUT2D eigenvalue weighted by Gasteiger charge is 2.33. The summed E-state index contributed by atoms with van der Waals surface area (Å²) in [6.45, 7) is 3.95. The number of rotatable bonds is 3. The molecule has 0 bridgehead atoms. The van der Waals surface area contributed by atoms with Crippen molar-refractivity contribution in [2.45, 2.75) is 44.8 Å². The first-order valence-electron chi connectivity index (χ1n) is 6.31. The third kappa shape index (κ3) is 3.33. The molecule has 0 N–H and O–H groups in total. The Balaban J connectivity index is 2.01. The maximum atomic E-state index is 11.7. The summed E-state index contributed by atoms with van der Waals surface area (Å²) in [5.41, 5.74) is 0.846. The van der Waals surface area contributed by atoms with Crippen molar-refractivity contribution in [1.82, 2.24) is 0 Å². The van der Waals surface area contributed by atoms with Gasteiger partial charge in [-0.25, -0.2) is 0 Å². The summed E-state index contributed by atoms with van der Waals surface area (Å²) >= 11 is 0. The lowest BCUT2D eigenvalue weighted by Gasteiger charge is -2.35. The van der Waals surface area contributed by atoms with Crippen molar-refractivity contribution in [2.24, 2.45) is 0 Å². The van der Waals surface area contributed by atoms with Crippen LogP contribution in [0.15, 0.2) is 24.3 Å². The monoisotopic (exact) mass is 248 g/mol. The average Bonchev–Trinajstić information content (AvgIpc) is 2.27. The van der Waals surface area contributed by atoms with E-state index in [1.54, 1.807) is 7.11 Å². The molecule has 0 spiro atoms. The molecule has 1 aromatic carbocycles. The molecular formula is C15H20O3. The summed E-state index contributed by atoms with van der Waals surface area (Å²) in [6, 6.07) is 7.92. The highest BCUT2D eigenvalue weighted by Crippen LogP contribution is 2.27. The first-order chi connectivity index (χ1) is 8.48. The van der Waals surface area contributed by atoms with Crippen molar-refractivity contribution >= 4 is 5.78 Å². The Bertz CT molecular complexity index is 420. The van der Waals surface area contributed by atoms with Crippen LogP contribution < -0.4 is 4.74 Å². The Morgan fingerprint density at radius 3 is 2.56 bits per heavy atom. The zero-order valence-corrected chi connectivity index (χ0v) is 11.2. The van der Waals surface area contributed by atoms with Gasteiger partial charge in [-0.15, -0.1) is 0 Å². The number of hydrogen-bond acceptors (Lipinski definition) is 3. The third-order valence-corrected chi connectivity index (χ3v) is 3.19. The molecule has 0 radical (unpaired) electrons. The van der Waals surface area contributed by atoms with E-state index in [4.69, 9.17) is 9.47 Å². The van der Waals surface area contributed by atoms with E-state index in [0.717, 1.165) is 12.2 Å². The SMILES string of the molecule is COc1ccc(C[C@@H]2CC(=O)CC(C)(C)O2)cc1. The largest absolute Gasteiger partial charge is 0.497 e. The topological polar surface area (TPSA) is 35.5 Å². The highest BCUT2D eigenvalue weighted by atomic mass is 16.5. The van der Waals surface area contributed by atoms with Gasteiger partial charge in [-0.1, -0.05) is 12.1 Å². The van der Waals surface area contributed by atoms with Gasteiger partial charge in [-0.05, 0) is 38.0 Å². The molecule has 0 saturated carbocycles. The van der Waals surface area contributed by atoms with E-state index in [-0.39, 0.29) is 11.7 Å². The van der Waals surface area contributed by atoms with Crippen LogP contribution in [0.5, 0.6) is 5.75 Å². The Hall–Kier alpha value is -1.35. The Morgan fingerprint density at radius 2 is 2.00 bits per heavy atom. The fourth-order valence-corrected chi connectivity index (χ4v) is 2.47. The molecule has 1 aromatic rings. The summed E-state index contributed by atoms with van der Waals surface area (Å²) in [7, 11) is 1.65. The van der Waals surface area contributed by atoms with Crippen LogP contribution in [0.1, 0.15) is 32.3 Å². The number of ether oxygens (including phenoxy) is 2. The molecule has 1 heterocycles. The number of carbonyl (C=O) groups excluding carboxylic acids is 1. The highest BCUT2D eigenvalue weighted by molar-refractivity contribution is 5.80. The van der Waals surface area contributed by atoms with Crippen LogP contribution >= 0.6 is 0 Å². The van der Waals surface area contributed by atoms with Crippen LogP contribution in [0.25, 0.3) is 0 Å². The molecule has 0 unspecified atom stereocenters. The third-order valence-electron chi connectivity index (χ3n) is 3.19. The van der Waals surface area contributed by atoms with E-state index in [0.29, 0.717) is 18.6 Å². The molecule has 1 aliphatic heterocycles. The van der Waals surface area contributed by atoms with Crippen LogP contribution in [0.3, 0.4) is 0 Å². The number of hydrogen-bond donors (Lipinski definition) is 0. The first-order valence-corrected chi connectivity index (χ1v) is 6.31. The van der Waals surface area contributed by atoms with Gasteiger partial charge >= 0.3 is 0 Å². The fraction of sp³-hybridized carbons (Fsp3) is 0.533. The number of benzene rings is 1. The van der Waals surface area contributed by atoms with Crippen LogP contribution in [0.4, 0.5) is 0 Å². The predicted octanol–water partition coefficient (Wildman–Crippen LogP) is 2.76. The molecule has 0 amide bonds. The number of carbonyl (C=O) groups is 1. The van der Waals surface area contributed by atoms with Gasteiger partial charge in [0.25, 0.3) is 0 Å². The van der Waals surface area contributed by atoms with Gasteiger partial charge in [0.2, 0.25) is 0 Å². The maximum absolute atomic E-state index is 11.7. The second kappa shape index (κ2) is 5.11. The summed E-state index contributed by atoms with van der Waals surface area (Å²) in [5, 5.41) is 0. The normalized spacial score (nSPS) is 22.8. The lowest BCUT2D eigenvalue weighted by atomic mass is 9.91. The van der Waals surface area contributed by atoms with E-state index >= 15 is 0 Å². The van der Waals surface area contributed by atoms with Crippen molar-refractivity contribution < 1.29 is 14.3 Å². The van der Waals surface area contributed by atoms with E-state index in [1.807, 2.05) is 38.1 Å². The molecule has 3 heteroatoms. The van der Waals surface area contributed by atoms with Gasteiger partial charge in [0.05, 0.1) is 18.8 Å². The summed E-state index contributed by atoms with van der Waals surface area (Å²) in [4.78, 5) is 11.7. The van der Waals surface area contributed by atoms with E-state index < -0.39 is 0 Å². The van der Waals surface area contributed by atoms with Crippen molar-refractivity contribution in [3.05, 3.63) is 29.8 Å². The van der Waals surface area contributed by atoms with Crippen molar-refractivity contribution in [2.75, 3.05) is 7.11 Å². The van der Waals surface area contributed by atoms with E-state index in [9.17, 15) is 4.79 Å². The molecule has 1 saturated heterocycles. The van der Waals surface area contributed by atoms with E-state index in [2.05, 4.69) is 0 Å².